The van der Waals surface area contributed by atoms with E-state index in [9.17, 15) is 9.47 Å². The first kappa shape index (κ1) is 14.9. The minimum absolute atomic E-state index is 0.332. The summed E-state index contributed by atoms with van der Waals surface area (Å²) in [5.41, 5.74) is 0.218. The Balaban J connectivity index is 2.25. The van der Waals surface area contributed by atoms with Crippen molar-refractivity contribution in [1.82, 2.24) is 0 Å². The second-order valence-corrected chi connectivity index (χ2v) is 6.80. The Morgan fingerprint density at radius 2 is 2.15 bits per heavy atom. The summed E-state index contributed by atoms with van der Waals surface area (Å²) in [4.78, 5) is 0.754. The van der Waals surface area contributed by atoms with E-state index in [4.69, 9.17) is 0 Å². The van der Waals surface area contributed by atoms with Gasteiger partial charge in [0.05, 0.1) is 23.4 Å². The number of benzene rings is 1. The summed E-state index contributed by atoms with van der Waals surface area (Å²) >= 11 is 0. The smallest absolute Gasteiger partial charge is 0.183 e. The van der Waals surface area contributed by atoms with Crippen LogP contribution in [-0.2, 0) is 10.8 Å². The molecule has 0 aliphatic carbocycles. The summed E-state index contributed by atoms with van der Waals surface area (Å²) < 4.78 is 12.7. The lowest BCUT2D eigenvalue weighted by Gasteiger charge is -2.23. The highest BCUT2D eigenvalue weighted by Crippen LogP contribution is 2.34. The van der Waals surface area contributed by atoms with Gasteiger partial charge in [-0.1, -0.05) is 37.5 Å². The Hall–Kier alpha value is -1.54. The second-order valence-electron chi connectivity index (χ2n) is 5.16. The molecule has 106 valence electrons. The highest BCUT2D eigenvalue weighted by molar-refractivity contribution is 7.85. The van der Waals surface area contributed by atoms with Gasteiger partial charge in [-0.2, -0.15) is 15.5 Å². The zero-order valence-electron chi connectivity index (χ0n) is 11.9. The number of nitriles is 1. The molecule has 2 rings (SSSR count). The van der Waals surface area contributed by atoms with Crippen LogP contribution in [0.5, 0.6) is 0 Å². The number of rotatable bonds is 5. The molecule has 1 aliphatic rings. The lowest BCUT2D eigenvalue weighted by atomic mass is 9.92. The van der Waals surface area contributed by atoms with Gasteiger partial charge in [0, 0.05) is 4.90 Å². The van der Waals surface area contributed by atoms with Gasteiger partial charge in [-0.05, 0) is 25.5 Å². The van der Waals surface area contributed by atoms with Crippen LogP contribution in [0.3, 0.4) is 0 Å². The van der Waals surface area contributed by atoms with Gasteiger partial charge >= 0.3 is 0 Å². The van der Waals surface area contributed by atoms with E-state index in [0.29, 0.717) is 13.0 Å². The van der Waals surface area contributed by atoms with Gasteiger partial charge in [0.15, 0.2) is 5.54 Å². The molecule has 0 saturated carbocycles. The van der Waals surface area contributed by atoms with E-state index in [1.54, 1.807) is 0 Å². The molecular formula is C15H19N3OS. The number of hydrogen-bond donors (Lipinski definition) is 0. The van der Waals surface area contributed by atoms with Crippen LogP contribution in [0.2, 0.25) is 0 Å². The SMILES string of the molecule is CCCC[C@@]1(C#N)N=NC[C@@H]1S(=O)c1ccc(C)cc1. The van der Waals surface area contributed by atoms with Crippen LogP contribution in [0.4, 0.5) is 0 Å². The van der Waals surface area contributed by atoms with Crippen molar-refractivity contribution in [2.75, 3.05) is 6.54 Å². The van der Waals surface area contributed by atoms with Crippen LogP contribution in [0, 0.1) is 18.3 Å². The first-order valence-electron chi connectivity index (χ1n) is 6.90. The first-order valence-corrected chi connectivity index (χ1v) is 8.11. The van der Waals surface area contributed by atoms with Crippen LogP contribution in [0.15, 0.2) is 39.4 Å². The molecule has 0 spiro atoms. The predicted octanol–water partition coefficient (Wildman–Crippen LogP) is 3.39. The molecular weight excluding hydrogens is 270 g/mol. The van der Waals surface area contributed by atoms with Gasteiger partial charge in [-0.15, -0.1) is 0 Å². The second kappa shape index (κ2) is 6.27. The Labute approximate surface area is 122 Å². The fourth-order valence-electron chi connectivity index (χ4n) is 2.35. The van der Waals surface area contributed by atoms with Crippen LogP contribution in [0.1, 0.15) is 31.7 Å². The number of azo groups is 1. The maximum atomic E-state index is 12.7. The Morgan fingerprint density at radius 3 is 2.75 bits per heavy atom. The van der Waals surface area contributed by atoms with E-state index in [1.165, 1.54) is 0 Å². The average molecular weight is 289 g/mol. The maximum Gasteiger partial charge on any atom is 0.183 e. The number of unbranched alkanes of at least 4 members (excludes halogenated alkanes) is 1. The van der Waals surface area contributed by atoms with Crippen LogP contribution in [-0.4, -0.2) is 21.5 Å². The molecule has 1 heterocycles. The van der Waals surface area contributed by atoms with Gasteiger partial charge in [0.2, 0.25) is 0 Å². The molecule has 0 radical (unpaired) electrons. The molecule has 3 atom stereocenters. The first-order chi connectivity index (χ1) is 9.63. The van der Waals surface area contributed by atoms with Gasteiger partial charge in [-0.25, -0.2) is 0 Å². The fourth-order valence-corrected chi connectivity index (χ4v) is 3.85. The summed E-state index contributed by atoms with van der Waals surface area (Å²) in [6, 6.07) is 9.89. The van der Waals surface area contributed by atoms with Crippen molar-refractivity contribution in [2.45, 2.75) is 48.8 Å². The molecule has 0 amide bonds. The van der Waals surface area contributed by atoms with E-state index in [-0.39, 0.29) is 5.25 Å². The van der Waals surface area contributed by atoms with Gasteiger partial charge < -0.3 is 0 Å². The molecule has 0 saturated heterocycles. The van der Waals surface area contributed by atoms with Gasteiger partial charge in [0.1, 0.15) is 5.25 Å². The van der Waals surface area contributed by atoms with Gasteiger partial charge in [0.25, 0.3) is 0 Å². The summed E-state index contributed by atoms with van der Waals surface area (Å²) in [5, 5.41) is 17.3. The Bertz CT molecular complexity index is 561. The monoisotopic (exact) mass is 289 g/mol. The minimum Gasteiger partial charge on any atom is -0.254 e. The number of aryl methyl sites for hydroxylation is 1. The van der Waals surface area contributed by atoms with Crippen LogP contribution < -0.4 is 0 Å². The van der Waals surface area contributed by atoms with Crippen molar-refractivity contribution in [2.24, 2.45) is 10.2 Å². The maximum absolute atomic E-state index is 12.7. The van der Waals surface area contributed by atoms with Crippen molar-refractivity contribution >= 4 is 10.8 Å². The highest BCUT2D eigenvalue weighted by Gasteiger charge is 2.46. The number of hydrogen-bond acceptors (Lipinski definition) is 4. The molecule has 1 aliphatic heterocycles. The topological polar surface area (TPSA) is 65.6 Å². The Morgan fingerprint density at radius 1 is 1.45 bits per heavy atom. The van der Waals surface area contributed by atoms with Crippen LogP contribution >= 0.6 is 0 Å². The van der Waals surface area contributed by atoms with Crippen molar-refractivity contribution in [3.05, 3.63) is 29.8 Å². The highest BCUT2D eigenvalue weighted by atomic mass is 32.2. The molecule has 0 bridgehead atoms. The minimum atomic E-state index is -1.25. The van der Waals surface area contributed by atoms with Gasteiger partial charge in [-0.3, -0.25) is 4.21 Å². The Kier molecular flexibility index (Phi) is 4.66. The van der Waals surface area contributed by atoms with E-state index in [2.05, 4.69) is 23.2 Å². The summed E-state index contributed by atoms with van der Waals surface area (Å²) in [7, 11) is -1.25. The molecule has 1 aromatic carbocycles. The molecule has 20 heavy (non-hydrogen) atoms. The van der Waals surface area contributed by atoms with E-state index in [0.717, 1.165) is 23.3 Å². The zero-order valence-corrected chi connectivity index (χ0v) is 12.7. The molecule has 0 N–H and O–H groups in total. The van der Waals surface area contributed by atoms with E-state index in [1.807, 2.05) is 31.2 Å². The van der Waals surface area contributed by atoms with Crippen molar-refractivity contribution in [1.29, 1.82) is 5.26 Å². The quantitative estimate of drug-likeness (QED) is 0.834. The fraction of sp³-hybridized carbons (Fsp3) is 0.533. The van der Waals surface area contributed by atoms with Crippen LogP contribution in [0.25, 0.3) is 0 Å². The predicted molar refractivity (Wildman–Crippen MR) is 79.0 cm³/mol. The van der Waals surface area contributed by atoms with E-state index < -0.39 is 16.3 Å². The van der Waals surface area contributed by atoms with Crippen molar-refractivity contribution in [3.63, 3.8) is 0 Å². The van der Waals surface area contributed by atoms with Crippen molar-refractivity contribution in [3.8, 4) is 6.07 Å². The lowest BCUT2D eigenvalue weighted by molar-refractivity contribution is 0.485. The standard InChI is InChI=1S/C15H19N3OS/c1-3-4-9-15(11-16)14(10-17-18-15)20(19)13-7-5-12(2)6-8-13/h5-8,14H,3-4,9-10H2,1-2H3/t14-,15-,20?/m0/s1. The third-order valence-electron chi connectivity index (χ3n) is 3.65. The largest absolute Gasteiger partial charge is 0.254 e. The van der Waals surface area contributed by atoms with E-state index >= 15 is 0 Å². The summed E-state index contributed by atoms with van der Waals surface area (Å²) in [5.74, 6) is 0. The third-order valence-corrected chi connectivity index (χ3v) is 5.44. The lowest BCUT2D eigenvalue weighted by Crippen LogP contribution is -2.40. The average Bonchev–Trinajstić information content (AvgIpc) is 2.89. The molecule has 1 unspecified atom stereocenters. The van der Waals surface area contributed by atoms with Crippen molar-refractivity contribution < 1.29 is 4.21 Å². The molecule has 4 nitrogen and oxygen atoms in total. The molecule has 5 heteroatoms. The number of nitrogens with zero attached hydrogens (tertiary/aromatic N) is 3. The third kappa shape index (κ3) is 2.80. The zero-order chi connectivity index (χ0) is 14.6. The molecule has 0 fully saturated rings. The molecule has 1 aromatic rings. The molecule has 0 aromatic heterocycles. The summed E-state index contributed by atoms with van der Waals surface area (Å²) in [6.45, 7) is 4.44. The normalized spacial score (nSPS) is 26.4. The summed E-state index contributed by atoms with van der Waals surface area (Å²) in [6.07, 6.45) is 2.52.